The molecule has 1 fully saturated rings. The van der Waals surface area contributed by atoms with Crippen LogP contribution in [0.1, 0.15) is 66.4 Å². The van der Waals surface area contributed by atoms with Gasteiger partial charge < -0.3 is 116 Å². The van der Waals surface area contributed by atoms with Crippen LogP contribution >= 0.6 is 11.8 Å². The van der Waals surface area contributed by atoms with Crippen LogP contribution in [0.15, 0.2) is 135 Å². The smallest absolute Gasteiger partial charge is 0.245 e. The van der Waals surface area contributed by atoms with Gasteiger partial charge in [0, 0.05) is 89.2 Å². The number of nitrogens with two attached hydrogens (primary N) is 3. The van der Waals surface area contributed by atoms with Crippen molar-refractivity contribution in [1.29, 1.82) is 5.41 Å². The first-order chi connectivity index (χ1) is 56.6. The van der Waals surface area contributed by atoms with Crippen LogP contribution in [0.3, 0.4) is 0 Å². The number of carbonyl (C=O) groups is 14. The summed E-state index contributed by atoms with van der Waals surface area (Å²) in [6.45, 7) is -1.39. The molecule has 3 aromatic heterocycles. The van der Waals surface area contributed by atoms with Crippen LogP contribution in [-0.4, -0.2) is 251 Å². The molecule has 4 aromatic carbocycles. The summed E-state index contributed by atoms with van der Waals surface area (Å²) < 4.78 is 1.54. The minimum Gasteiger partial charge on any atom is -0.508 e. The lowest BCUT2D eigenvalue weighted by Gasteiger charge is -2.33. The van der Waals surface area contributed by atoms with Crippen LogP contribution in [0, 0.1) is 5.41 Å². The molecule has 1 aliphatic heterocycles. The maximum Gasteiger partial charge on any atom is 0.245 e. The predicted octanol–water partition coefficient (Wildman–Crippen LogP) is -5.37. The Morgan fingerprint density at radius 2 is 1.11 bits per heavy atom. The summed E-state index contributed by atoms with van der Waals surface area (Å²) in [5.74, 6) is -15.0. The van der Waals surface area contributed by atoms with Gasteiger partial charge in [0.2, 0.25) is 82.7 Å². The van der Waals surface area contributed by atoms with Crippen LogP contribution in [0.5, 0.6) is 5.75 Å². The average molecular weight is 1650 g/mol. The second-order valence-corrected chi connectivity index (χ2v) is 28.9. The number of hydrogen-bond donors (Lipinski definition) is 21. The van der Waals surface area contributed by atoms with Gasteiger partial charge in [-0.05, 0) is 71.8 Å². The van der Waals surface area contributed by atoms with E-state index in [0.717, 1.165) is 22.0 Å². The molecule has 0 radical (unpaired) electrons. The maximum absolute atomic E-state index is 15.2. The third-order valence-electron chi connectivity index (χ3n) is 19.1. The molecule has 0 saturated carbocycles. The molecule has 0 spiro atoms. The summed E-state index contributed by atoms with van der Waals surface area (Å²) in [6, 6.07) is 9.27. The van der Waals surface area contributed by atoms with E-state index >= 15 is 14.4 Å². The fourth-order valence-corrected chi connectivity index (χ4v) is 13.6. The Hall–Kier alpha value is -13.3. The van der Waals surface area contributed by atoms with Gasteiger partial charge in [-0.3, -0.25) is 72.5 Å². The van der Waals surface area contributed by atoms with Crippen LogP contribution in [-0.2, 0) is 113 Å². The number of phenolic OH excluding ortho intramolecular Hbond substituents is 1. The largest absolute Gasteiger partial charge is 0.508 e. The van der Waals surface area contributed by atoms with Crippen molar-refractivity contribution >= 4 is 111 Å². The highest BCUT2D eigenvalue weighted by atomic mass is 32.2. The zero-order valence-electron chi connectivity index (χ0n) is 65.1. The lowest BCUT2D eigenvalue weighted by molar-refractivity contribution is -0.143. The number of nitrogens with one attached hydrogen (secondary N) is 16. The van der Waals surface area contributed by atoms with E-state index in [1.807, 2.05) is 24.3 Å². The van der Waals surface area contributed by atoms with Crippen molar-refractivity contribution in [3.8, 4) is 5.75 Å². The third-order valence-corrected chi connectivity index (χ3v) is 20.1. The highest BCUT2D eigenvalue weighted by molar-refractivity contribution is 8.00. The summed E-state index contributed by atoms with van der Waals surface area (Å²) in [6.07, 6.45) is 6.01. The van der Waals surface area contributed by atoms with E-state index in [9.17, 15) is 63.0 Å². The van der Waals surface area contributed by atoms with Crippen molar-refractivity contribution in [2.45, 2.75) is 138 Å². The Balaban J connectivity index is 1.17. The number of fused-ring (bicyclic) bond motifs is 1. The Morgan fingerprint density at radius 3 is 1.72 bits per heavy atom. The molecule has 118 heavy (non-hydrogen) atoms. The van der Waals surface area contributed by atoms with Gasteiger partial charge in [-0.15, -0.1) is 11.8 Å². The summed E-state index contributed by atoms with van der Waals surface area (Å²) in [5.41, 5.74) is 19.4. The Bertz CT molecular complexity index is 4630. The monoisotopic (exact) mass is 1650 g/mol. The quantitative estimate of drug-likeness (QED) is 0.0162. The van der Waals surface area contributed by atoms with Gasteiger partial charge in [0.15, 0.2) is 5.96 Å². The van der Waals surface area contributed by atoms with Gasteiger partial charge >= 0.3 is 0 Å². The molecular formula is C77H100N24O16S. The van der Waals surface area contributed by atoms with Gasteiger partial charge in [-0.2, -0.15) is 0 Å². The molecule has 0 aliphatic carbocycles. The number of hydrogen-bond acceptors (Lipinski definition) is 22. The molecule has 24 N–H and O–H groups in total. The number of benzene rings is 4. The van der Waals surface area contributed by atoms with Gasteiger partial charge in [0.05, 0.1) is 55.8 Å². The minimum absolute atomic E-state index is 0.00927. The van der Waals surface area contributed by atoms with Crippen molar-refractivity contribution < 1.29 is 77.3 Å². The van der Waals surface area contributed by atoms with Gasteiger partial charge in [-0.1, -0.05) is 91.9 Å². The van der Waals surface area contributed by atoms with E-state index in [1.54, 1.807) is 62.5 Å². The first-order valence-electron chi connectivity index (χ1n) is 37.9. The molecule has 4 heterocycles. The average Bonchev–Trinajstić information content (AvgIpc) is 1.04. The molecule has 630 valence electrons. The number of thioether (sulfide) groups is 1. The normalized spacial score (nSPS) is 22.1. The minimum atomic E-state index is -1.84. The number of nitrogens with zero attached hydrogens (tertiary/aromatic N) is 5. The van der Waals surface area contributed by atoms with Crippen LogP contribution in [0.4, 0.5) is 0 Å². The van der Waals surface area contributed by atoms with Gasteiger partial charge in [0.1, 0.15) is 72.2 Å². The number of imidazole rings is 3. The molecular weight excluding hydrogens is 1550 g/mol. The number of carbonyl (C=O) groups excluding carboxylic acids is 14. The highest BCUT2D eigenvalue weighted by Gasteiger charge is 2.39. The van der Waals surface area contributed by atoms with Crippen molar-refractivity contribution in [2.24, 2.45) is 24.2 Å². The molecule has 0 bridgehead atoms. The number of aromatic amines is 2. The molecule has 41 heteroatoms. The number of H-pyrrole nitrogens is 2. The van der Waals surface area contributed by atoms with E-state index in [1.165, 1.54) is 73.5 Å². The zero-order chi connectivity index (χ0) is 85.4. The molecule has 1 aliphatic rings. The van der Waals surface area contributed by atoms with E-state index < -0.39 is 186 Å². The second-order valence-electron chi connectivity index (χ2n) is 27.9. The first kappa shape index (κ1) is 90.2. The Morgan fingerprint density at radius 1 is 0.568 bits per heavy atom. The van der Waals surface area contributed by atoms with Crippen LogP contribution in [0.25, 0.3) is 10.8 Å². The Kier molecular flexibility index (Phi) is 34.5. The molecule has 11 atom stereocenters. The van der Waals surface area contributed by atoms with Crippen molar-refractivity contribution in [3.63, 3.8) is 0 Å². The van der Waals surface area contributed by atoms with E-state index in [0.29, 0.717) is 27.8 Å². The lowest BCUT2D eigenvalue weighted by atomic mass is 9.97. The number of phenols is 1. The second kappa shape index (κ2) is 45.1. The summed E-state index contributed by atoms with van der Waals surface area (Å²) >= 11 is 0.806. The van der Waals surface area contributed by atoms with E-state index in [4.69, 9.17) is 22.6 Å². The number of primary amides is 1. The lowest BCUT2D eigenvalue weighted by Crippen LogP contribution is -2.61. The van der Waals surface area contributed by atoms with E-state index in [2.05, 4.69) is 94.0 Å². The standard InChI is InChI=1S/C77H100N24O16S/c1-4-52-68(109)95-56(28-46-16-10-15-45-14-8-9-17-51(45)46)71(112)96-57(29-47-32-82-40-88-47)66(107)87-36-64(105)91-60(37-102)74(115)94-54(18-11-25-85-77(80)81)76(117)101(3)62(27-44-19-21-50(103)22-20-44)75(116)98-58(30-48-33-83-41-89-48)72(113)93-53(23-24-78)69(110)97-59(31-49-34-84-42-100(49)2)73(114)99-61(67(108)86-35-63(79)104)38-118-39-65(106)90-55(70(111)92-52)26-43-12-6-5-7-13-43/h5-10,12-17,19-22,32-34,40-42,52-62,102-103H,4,11,18,23-31,35-39,78H2,1-3H3,(H2,79,104)(H,82,88)(H,83,89)(H,86,108)(H,87,107)(H,90,106)(H,91,105)(H,92,111)(H,93,113)(H,94,115)(H,95,109)(H,96,112)(H,97,110)(H,98,116)(H,99,114)(H4,80,81,85)/t52-,53-,54-,55-,56-,57-,58-,59-,60-,61-,62-/m0/s1. The SMILES string of the molecule is CC[C@@H]1NC(=O)[C@H](Cc2ccccc2)NC(=O)CSC[C@@H](C(=O)NCC(N)=O)NC(=O)[C@H](Cc2cncn2C)NC(=O)[C@H](CCN)NC(=O)[C@H](Cc2c[nH]cn2)NC(=O)[C@H](Cc2ccc(O)cc2)N(C)C(=O)[C@H](CCCNC(=N)N)NC(=O)[C@H](CO)NC(=O)CNC(=O)[C@H](Cc2c[nH]cn2)NC(=O)[C@H](Cc2cccc3ccccc23)NC1=O. The fraction of sp³-hybridized carbons (Fsp3) is 0.403. The third kappa shape index (κ3) is 27.7. The van der Waals surface area contributed by atoms with Gasteiger partial charge in [0.25, 0.3) is 0 Å². The molecule has 1 saturated heterocycles. The van der Waals surface area contributed by atoms with Crippen LogP contribution < -0.4 is 86.3 Å². The number of rotatable bonds is 23. The summed E-state index contributed by atoms with van der Waals surface area (Å²) in [7, 11) is 2.82. The van der Waals surface area contributed by atoms with E-state index in [-0.39, 0.29) is 94.4 Å². The van der Waals surface area contributed by atoms with Crippen molar-refractivity contribution in [1.82, 2.24) is 104 Å². The number of amides is 14. The molecule has 7 aromatic rings. The number of aliphatic hydroxyl groups is 1. The van der Waals surface area contributed by atoms with Gasteiger partial charge in [-0.25, -0.2) is 15.0 Å². The first-order valence-corrected chi connectivity index (χ1v) is 39.0. The number of aromatic hydroxyl groups is 1. The summed E-state index contributed by atoms with van der Waals surface area (Å²) in [5, 5.41) is 64.0. The molecule has 14 amide bonds. The number of aryl methyl sites for hydroxylation is 1. The summed E-state index contributed by atoms with van der Waals surface area (Å²) in [4.78, 5) is 222. The number of aromatic nitrogens is 6. The molecule has 40 nitrogen and oxygen atoms in total. The molecule has 0 unspecified atom stereocenters. The highest BCUT2D eigenvalue weighted by Crippen LogP contribution is 2.22. The molecule has 8 rings (SSSR count). The maximum atomic E-state index is 15.2. The Labute approximate surface area is 681 Å². The topological polar surface area (TPSA) is 616 Å². The fourth-order valence-electron chi connectivity index (χ4n) is 12.7. The van der Waals surface area contributed by atoms with Crippen molar-refractivity contribution in [2.75, 3.05) is 51.3 Å². The predicted molar refractivity (Wildman–Crippen MR) is 430 cm³/mol. The number of aliphatic hydroxyl groups excluding tert-OH is 1. The number of guanidine groups is 1. The zero-order valence-corrected chi connectivity index (χ0v) is 65.9. The van der Waals surface area contributed by atoms with Crippen LogP contribution in [0.2, 0.25) is 0 Å². The van der Waals surface area contributed by atoms with Crippen molar-refractivity contribution in [3.05, 3.63) is 168 Å². The number of likely N-dealkylation sites (N-methyl/N-ethyl adjacent to an activating group) is 1.